The van der Waals surface area contributed by atoms with Gasteiger partial charge in [0, 0.05) is 43.5 Å². The van der Waals surface area contributed by atoms with E-state index >= 15 is 0 Å². The Morgan fingerprint density at radius 2 is 1.91 bits per heavy atom. The van der Waals surface area contributed by atoms with Gasteiger partial charge >= 0.3 is 0 Å². The Bertz CT molecular complexity index is 849. The first kappa shape index (κ1) is 23.7. The molecule has 3 N–H and O–H groups in total. The van der Waals surface area contributed by atoms with Crippen molar-refractivity contribution < 1.29 is 14.4 Å². The number of amides is 3. The molecule has 1 aliphatic heterocycles. The van der Waals surface area contributed by atoms with Crippen LogP contribution < -0.4 is 11.1 Å². The van der Waals surface area contributed by atoms with Crippen LogP contribution in [0.2, 0.25) is 0 Å². The standard InChI is InChI=1S/C25H37N5O3/c1-16(2)14-29(24(32)17-5-6-17)21-12-22(23(31)28-20-9-7-19(26)8-10-20)30(15-21)25(33)18-4-3-11-27-13-18/h3-4,11,13,16-17,19-22H,5-10,12,14-15,26H2,1-2H3,(H,28,31). The van der Waals surface area contributed by atoms with Gasteiger partial charge in [0.15, 0.2) is 0 Å². The van der Waals surface area contributed by atoms with E-state index in [0.717, 1.165) is 38.5 Å². The number of carbonyl (C=O) groups excluding carboxylic acids is 3. The predicted molar refractivity (Wildman–Crippen MR) is 125 cm³/mol. The Morgan fingerprint density at radius 3 is 2.52 bits per heavy atom. The van der Waals surface area contributed by atoms with Crippen LogP contribution in [-0.2, 0) is 9.59 Å². The summed E-state index contributed by atoms with van der Waals surface area (Å²) in [6.45, 7) is 5.20. The molecule has 8 nitrogen and oxygen atoms in total. The number of likely N-dealkylation sites (tertiary alicyclic amines) is 1. The van der Waals surface area contributed by atoms with Crippen molar-refractivity contribution in [1.29, 1.82) is 0 Å². The highest BCUT2D eigenvalue weighted by molar-refractivity contribution is 5.98. The maximum atomic E-state index is 13.4. The first-order valence-corrected chi connectivity index (χ1v) is 12.4. The third kappa shape index (κ3) is 5.72. The van der Waals surface area contributed by atoms with E-state index in [-0.39, 0.29) is 41.8 Å². The second kappa shape index (κ2) is 10.2. The largest absolute Gasteiger partial charge is 0.352 e. The molecule has 0 radical (unpaired) electrons. The Kier molecular flexibility index (Phi) is 7.32. The molecule has 2 unspecified atom stereocenters. The molecular formula is C25H37N5O3. The van der Waals surface area contributed by atoms with Crippen LogP contribution in [0.25, 0.3) is 0 Å². The van der Waals surface area contributed by atoms with Crippen LogP contribution in [0.1, 0.15) is 69.2 Å². The molecule has 0 bridgehead atoms. The van der Waals surface area contributed by atoms with E-state index < -0.39 is 6.04 Å². The van der Waals surface area contributed by atoms with Gasteiger partial charge in [0.1, 0.15) is 6.04 Å². The summed E-state index contributed by atoms with van der Waals surface area (Å²) in [4.78, 5) is 47.6. The molecule has 1 aromatic heterocycles. The zero-order valence-electron chi connectivity index (χ0n) is 19.8. The fraction of sp³-hybridized carbons (Fsp3) is 0.680. The van der Waals surface area contributed by atoms with Crippen molar-refractivity contribution in [2.45, 2.75) is 83.0 Å². The molecular weight excluding hydrogens is 418 g/mol. The Balaban J connectivity index is 1.53. The second-order valence-electron chi connectivity index (χ2n) is 10.4. The molecule has 3 aliphatic rings. The van der Waals surface area contributed by atoms with Crippen molar-refractivity contribution in [2.24, 2.45) is 17.6 Å². The average molecular weight is 456 g/mol. The highest BCUT2D eigenvalue weighted by Gasteiger charge is 2.45. The van der Waals surface area contributed by atoms with E-state index in [1.54, 1.807) is 23.2 Å². The molecule has 33 heavy (non-hydrogen) atoms. The predicted octanol–water partition coefficient (Wildman–Crippen LogP) is 1.95. The van der Waals surface area contributed by atoms with Gasteiger partial charge in [-0.15, -0.1) is 0 Å². The summed E-state index contributed by atoms with van der Waals surface area (Å²) < 4.78 is 0. The zero-order valence-corrected chi connectivity index (χ0v) is 19.8. The Hall–Kier alpha value is -2.48. The number of rotatable bonds is 7. The summed E-state index contributed by atoms with van der Waals surface area (Å²) in [6.07, 6.45) is 9.02. The third-order valence-electron chi connectivity index (χ3n) is 7.08. The highest BCUT2D eigenvalue weighted by atomic mass is 16.2. The van der Waals surface area contributed by atoms with Gasteiger partial charge in [0.2, 0.25) is 11.8 Å². The minimum Gasteiger partial charge on any atom is -0.352 e. The minimum atomic E-state index is -0.597. The van der Waals surface area contributed by atoms with E-state index in [9.17, 15) is 14.4 Å². The van der Waals surface area contributed by atoms with Gasteiger partial charge in [-0.25, -0.2) is 0 Å². The molecule has 2 aliphatic carbocycles. The smallest absolute Gasteiger partial charge is 0.256 e. The Morgan fingerprint density at radius 1 is 1.18 bits per heavy atom. The molecule has 4 rings (SSSR count). The molecule has 180 valence electrons. The van der Waals surface area contributed by atoms with Crippen LogP contribution in [0, 0.1) is 11.8 Å². The summed E-state index contributed by atoms with van der Waals surface area (Å²) >= 11 is 0. The van der Waals surface area contributed by atoms with Gasteiger partial charge in [-0.05, 0) is 63.0 Å². The summed E-state index contributed by atoms with van der Waals surface area (Å²) in [5.41, 5.74) is 6.48. The van der Waals surface area contributed by atoms with Crippen LogP contribution in [0.4, 0.5) is 0 Å². The quantitative estimate of drug-likeness (QED) is 0.653. The summed E-state index contributed by atoms with van der Waals surface area (Å²) in [7, 11) is 0. The fourth-order valence-corrected chi connectivity index (χ4v) is 5.11. The first-order valence-electron chi connectivity index (χ1n) is 12.4. The topological polar surface area (TPSA) is 109 Å². The first-order chi connectivity index (χ1) is 15.8. The van der Waals surface area contributed by atoms with Crippen LogP contribution in [0.15, 0.2) is 24.5 Å². The fourth-order valence-electron chi connectivity index (χ4n) is 5.11. The van der Waals surface area contributed by atoms with Crippen LogP contribution in [-0.4, -0.2) is 69.8 Å². The molecule has 2 atom stereocenters. The number of hydrogen-bond donors (Lipinski definition) is 2. The van der Waals surface area contributed by atoms with Crippen LogP contribution >= 0.6 is 0 Å². The van der Waals surface area contributed by atoms with Crippen molar-refractivity contribution in [3.63, 3.8) is 0 Å². The van der Waals surface area contributed by atoms with Crippen LogP contribution in [0.3, 0.4) is 0 Å². The molecule has 0 spiro atoms. The van der Waals surface area contributed by atoms with Gasteiger partial charge in [0.25, 0.3) is 5.91 Å². The lowest BCUT2D eigenvalue weighted by Crippen LogP contribution is -2.50. The van der Waals surface area contributed by atoms with Crippen molar-refractivity contribution >= 4 is 17.7 Å². The van der Waals surface area contributed by atoms with Gasteiger partial charge in [-0.1, -0.05) is 13.8 Å². The minimum absolute atomic E-state index is 0.0894. The summed E-state index contributed by atoms with van der Waals surface area (Å²) in [5.74, 6) is 0.253. The lowest BCUT2D eigenvalue weighted by atomic mass is 9.91. The average Bonchev–Trinajstić information content (AvgIpc) is 3.57. The van der Waals surface area contributed by atoms with Crippen molar-refractivity contribution in [1.82, 2.24) is 20.1 Å². The Labute approximate surface area is 196 Å². The second-order valence-corrected chi connectivity index (χ2v) is 10.4. The number of nitrogens with two attached hydrogens (primary N) is 1. The van der Waals surface area contributed by atoms with E-state index in [1.807, 2.05) is 4.90 Å². The molecule has 2 heterocycles. The lowest BCUT2D eigenvalue weighted by Gasteiger charge is -2.31. The molecule has 2 saturated carbocycles. The normalized spacial score (nSPS) is 27.5. The van der Waals surface area contributed by atoms with Gasteiger partial charge in [0.05, 0.1) is 11.6 Å². The van der Waals surface area contributed by atoms with Gasteiger partial charge in [-0.2, -0.15) is 0 Å². The van der Waals surface area contributed by atoms with E-state index in [4.69, 9.17) is 5.73 Å². The van der Waals surface area contributed by atoms with Crippen molar-refractivity contribution in [2.75, 3.05) is 13.1 Å². The number of nitrogens with zero attached hydrogens (tertiary/aromatic N) is 3. The van der Waals surface area contributed by atoms with Gasteiger partial charge in [-0.3, -0.25) is 19.4 Å². The molecule has 3 fully saturated rings. The molecule has 1 saturated heterocycles. The van der Waals surface area contributed by atoms with Crippen LogP contribution in [0.5, 0.6) is 0 Å². The number of hydrogen-bond acceptors (Lipinski definition) is 5. The third-order valence-corrected chi connectivity index (χ3v) is 7.08. The van der Waals surface area contributed by atoms with Crippen molar-refractivity contribution in [3.05, 3.63) is 30.1 Å². The van der Waals surface area contributed by atoms with E-state index in [1.165, 1.54) is 6.20 Å². The molecule has 0 aromatic carbocycles. The molecule has 3 amide bonds. The maximum Gasteiger partial charge on any atom is 0.256 e. The monoisotopic (exact) mass is 455 g/mol. The van der Waals surface area contributed by atoms with Crippen molar-refractivity contribution in [3.8, 4) is 0 Å². The summed E-state index contributed by atoms with van der Waals surface area (Å²) in [5, 5.41) is 3.17. The highest BCUT2D eigenvalue weighted by Crippen LogP contribution is 2.34. The van der Waals surface area contributed by atoms with E-state index in [2.05, 4.69) is 24.1 Å². The zero-order chi connectivity index (χ0) is 23.5. The SMILES string of the molecule is CC(C)CN(C(=O)C1CC1)C1CC(C(=O)NC2CCC(N)CC2)N(C(=O)c2cccnc2)C1. The lowest BCUT2D eigenvalue weighted by molar-refractivity contribution is -0.135. The van der Waals surface area contributed by atoms with Gasteiger partial charge < -0.3 is 20.9 Å². The van der Waals surface area contributed by atoms with E-state index in [0.29, 0.717) is 31.0 Å². The molecule has 8 heteroatoms. The maximum absolute atomic E-state index is 13.4. The number of carbonyl (C=O) groups is 3. The number of nitrogens with one attached hydrogen (secondary N) is 1. The number of aromatic nitrogens is 1. The number of pyridine rings is 1. The summed E-state index contributed by atoms with van der Waals surface area (Å²) in [6, 6.07) is 2.99. The molecule has 1 aromatic rings.